The number of nitrogens with zero attached hydrogens (tertiary/aromatic N) is 1. The Bertz CT molecular complexity index is 608. The Morgan fingerprint density at radius 3 is 2.95 bits per heavy atom. The van der Waals surface area contributed by atoms with Crippen LogP contribution >= 0.6 is 11.3 Å². The summed E-state index contributed by atoms with van der Waals surface area (Å²) in [6, 6.07) is 7.72. The first-order chi connectivity index (χ1) is 10.1. The Balaban J connectivity index is 2.02. The second kappa shape index (κ2) is 7.19. The first-order valence-corrected chi connectivity index (χ1v) is 7.71. The van der Waals surface area contributed by atoms with Gasteiger partial charge in [-0.25, -0.2) is 4.98 Å². The van der Waals surface area contributed by atoms with Crippen LogP contribution in [0.2, 0.25) is 0 Å². The quantitative estimate of drug-likeness (QED) is 0.767. The van der Waals surface area contributed by atoms with Crippen LogP contribution in [0.4, 0.5) is 10.8 Å². The SMILES string of the molecule is CC[C@@H](CO)NC(=O)c1csc(Nc2cccc(C)c2)n1. The van der Waals surface area contributed by atoms with Crippen LogP contribution in [0.3, 0.4) is 0 Å². The van der Waals surface area contributed by atoms with Crippen molar-refractivity contribution in [3.63, 3.8) is 0 Å². The number of benzene rings is 1. The standard InChI is InChI=1S/C15H19N3O2S/c1-3-11(8-19)16-14(20)13-9-21-15(18-13)17-12-6-4-5-10(2)7-12/h4-7,9,11,19H,3,8H2,1-2H3,(H,16,20)(H,17,18)/t11-/m0/s1. The lowest BCUT2D eigenvalue weighted by atomic mass is 10.2. The van der Waals surface area contributed by atoms with Crippen molar-refractivity contribution < 1.29 is 9.90 Å². The molecule has 2 rings (SSSR count). The number of aliphatic hydroxyl groups is 1. The smallest absolute Gasteiger partial charge is 0.271 e. The van der Waals surface area contributed by atoms with Gasteiger partial charge < -0.3 is 15.7 Å². The summed E-state index contributed by atoms with van der Waals surface area (Å²) >= 11 is 1.38. The third kappa shape index (κ3) is 4.27. The lowest BCUT2D eigenvalue weighted by molar-refractivity contribution is 0.0910. The molecular weight excluding hydrogens is 286 g/mol. The van der Waals surface area contributed by atoms with Gasteiger partial charge in [0.1, 0.15) is 5.69 Å². The van der Waals surface area contributed by atoms with Crippen LogP contribution in [0.1, 0.15) is 29.4 Å². The maximum absolute atomic E-state index is 12.0. The Morgan fingerprint density at radius 2 is 2.29 bits per heavy atom. The van der Waals surface area contributed by atoms with Gasteiger partial charge >= 0.3 is 0 Å². The maximum atomic E-state index is 12.0. The average molecular weight is 305 g/mol. The number of nitrogens with one attached hydrogen (secondary N) is 2. The Morgan fingerprint density at radius 1 is 1.48 bits per heavy atom. The molecule has 0 fully saturated rings. The molecule has 112 valence electrons. The molecule has 1 aromatic heterocycles. The number of hydrogen-bond acceptors (Lipinski definition) is 5. The third-order valence-corrected chi connectivity index (χ3v) is 3.81. The number of thiazole rings is 1. The Hall–Kier alpha value is -1.92. The van der Waals surface area contributed by atoms with E-state index in [0.29, 0.717) is 17.2 Å². The Labute approximate surface area is 128 Å². The van der Waals surface area contributed by atoms with Crippen molar-refractivity contribution >= 4 is 28.1 Å². The molecule has 0 aliphatic carbocycles. The zero-order chi connectivity index (χ0) is 15.2. The molecular formula is C15H19N3O2S. The zero-order valence-electron chi connectivity index (χ0n) is 12.1. The minimum absolute atomic E-state index is 0.0687. The molecule has 5 nitrogen and oxygen atoms in total. The predicted molar refractivity (Wildman–Crippen MR) is 85.2 cm³/mol. The molecule has 1 amide bonds. The van der Waals surface area contributed by atoms with Crippen molar-refractivity contribution in [2.75, 3.05) is 11.9 Å². The van der Waals surface area contributed by atoms with Gasteiger partial charge in [-0.3, -0.25) is 4.79 Å². The Kier molecular flexibility index (Phi) is 5.30. The maximum Gasteiger partial charge on any atom is 0.271 e. The number of carbonyl (C=O) groups is 1. The van der Waals surface area contributed by atoms with Crippen molar-refractivity contribution in [1.82, 2.24) is 10.3 Å². The van der Waals surface area contributed by atoms with Gasteiger partial charge in [-0.2, -0.15) is 0 Å². The average Bonchev–Trinajstić information content (AvgIpc) is 2.93. The van der Waals surface area contributed by atoms with Gasteiger partial charge in [-0.1, -0.05) is 19.1 Å². The largest absolute Gasteiger partial charge is 0.394 e. The van der Waals surface area contributed by atoms with E-state index in [0.717, 1.165) is 11.3 Å². The van der Waals surface area contributed by atoms with E-state index in [4.69, 9.17) is 5.11 Å². The number of hydrogen-bond donors (Lipinski definition) is 3. The number of carbonyl (C=O) groups excluding carboxylic acids is 1. The van der Waals surface area contributed by atoms with Crippen LogP contribution in [0.5, 0.6) is 0 Å². The van der Waals surface area contributed by atoms with Crippen LogP contribution in [0, 0.1) is 6.92 Å². The van der Waals surface area contributed by atoms with Crippen LogP contribution in [0.25, 0.3) is 0 Å². The van der Waals surface area contributed by atoms with Crippen molar-refractivity contribution in [3.05, 3.63) is 40.9 Å². The summed E-state index contributed by atoms with van der Waals surface area (Å²) in [5.74, 6) is -0.260. The van der Waals surface area contributed by atoms with E-state index in [1.54, 1.807) is 5.38 Å². The summed E-state index contributed by atoms with van der Waals surface area (Å²) in [5, 5.41) is 17.4. The molecule has 1 aromatic carbocycles. The molecule has 0 saturated heterocycles. The number of aromatic nitrogens is 1. The van der Waals surface area contributed by atoms with E-state index in [1.165, 1.54) is 11.3 Å². The van der Waals surface area contributed by atoms with Gasteiger partial charge in [0, 0.05) is 11.1 Å². The second-order valence-electron chi connectivity index (χ2n) is 4.79. The molecule has 0 bridgehead atoms. The van der Waals surface area contributed by atoms with E-state index in [2.05, 4.69) is 15.6 Å². The first kappa shape index (κ1) is 15.5. The molecule has 0 aliphatic rings. The number of aliphatic hydroxyl groups excluding tert-OH is 1. The summed E-state index contributed by atoms with van der Waals surface area (Å²) in [6.45, 7) is 3.86. The molecule has 1 heterocycles. The van der Waals surface area contributed by atoms with Gasteiger partial charge in [0.2, 0.25) is 0 Å². The highest BCUT2D eigenvalue weighted by molar-refractivity contribution is 7.14. The van der Waals surface area contributed by atoms with E-state index >= 15 is 0 Å². The summed E-state index contributed by atoms with van der Waals surface area (Å²) in [5.41, 5.74) is 2.46. The van der Waals surface area contributed by atoms with Gasteiger partial charge in [0.05, 0.1) is 12.6 Å². The van der Waals surface area contributed by atoms with Gasteiger partial charge in [0.25, 0.3) is 5.91 Å². The molecule has 0 saturated carbocycles. The topological polar surface area (TPSA) is 74.2 Å². The second-order valence-corrected chi connectivity index (χ2v) is 5.65. The minimum atomic E-state index is -0.260. The van der Waals surface area contributed by atoms with Crippen molar-refractivity contribution in [3.8, 4) is 0 Å². The minimum Gasteiger partial charge on any atom is -0.394 e. The number of aryl methyl sites for hydroxylation is 1. The molecule has 3 N–H and O–H groups in total. The normalized spacial score (nSPS) is 12.0. The van der Waals surface area contributed by atoms with E-state index < -0.39 is 0 Å². The lowest BCUT2D eigenvalue weighted by Gasteiger charge is -2.12. The van der Waals surface area contributed by atoms with Crippen LogP contribution < -0.4 is 10.6 Å². The fourth-order valence-electron chi connectivity index (χ4n) is 1.82. The first-order valence-electron chi connectivity index (χ1n) is 6.83. The predicted octanol–water partition coefficient (Wildman–Crippen LogP) is 2.70. The third-order valence-electron chi connectivity index (χ3n) is 3.05. The van der Waals surface area contributed by atoms with Crippen LogP contribution in [0.15, 0.2) is 29.6 Å². The monoisotopic (exact) mass is 305 g/mol. The number of rotatable bonds is 6. The molecule has 2 aromatic rings. The van der Waals surface area contributed by atoms with Crippen molar-refractivity contribution in [2.24, 2.45) is 0 Å². The van der Waals surface area contributed by atoms with E-state index in [1.807, 2.05) is 38.1 Å². The summed E-state index contributed by atoms with van der Waals surface area (Å²) in [7, 11) is 0. The lowest BCUT2D eigenvalue weighted by Crippen LogP contribution is -2.37. The number of amides is 1. The summed E-state index contributed by atoms with van der Waals surface area (Å²) in [6.07, 6.45) is 0.681. The highest BCUT2D eigenvalue weighted by Gasteiger charge is 2.14. The molecule has 0 aliphatic heterocycles. The van der Waals surface area contributed by atoms with Crippen molar-refractivity contribution in [1.29, 1.82) is 0 Å². The van der Waals surface area contributed by atoms with Crippen molar-refractivity contribution in [2.45, 2.75) is 26.3 Å². The number of anilines is 2. The molecule has 21 heavy (non-hydrogen) atoms. The summed E-state index contributed by atoms with van der Waals surface area (Å²) in [4.78, 5) is 16.3. The molecule has 6 heteroatoms. The van der Waals surface area contributed by atoms with Gasteiger partial charge in [-0.15, -0.1) is 11.3 Å². The van der Waals surface area contributed by atoms with E-state index in [-0.39, 0.29) is 18.6 Å². The van der Waals surface area contributed by atoms with Crippen LogP contribution in [-0.4, -0.2) is 28.6 Å². The molecule has 0 unspecified atom stereocenters. The fraction of sp³-hybridized carbons (Fsp3) is 0.333. The fourth-order valence-corrected chi connectivity index (χ4v) is 2.53. The molecule has 0 radical (unpaired) electrons. The molecule has 0 spiro atoms. The van der Waals surface area contributed by atoms with Gasteiger partial charge in [0.15, 0.2) is 5.13 Å². The summed E-state index contributed by atoms with van der Waals surface area (Å²) < 4.78 is 0. The van der Waals surface area contributed by atoms with Gasteiger partial charge in [-0.05, 0) is 31.0 Å². The zero-order valence-corrected chi connectivity index (χ0v) is 12.9. The van der Waals surface area contributed by atoms with Crippen LogP contribution in [-0.2, 0) is 0 Å². The highest BCUT2D eigenvalue weighted by Crippen LogP contribution is 2.21. The molecule has 1 atom stereocenters. The van der Waals surface area contributed by atoms with E-state index in [9.17, 15) is 4.79 Å². The highest BCUT2D eigenvalue weighted by atomic mass is 32.1.